The number of carbonyl (C=O) groups is 3. The van der Waals surface area contributed by atoms with Crippen LogP contribution in [0.1, 0.15) is 40.5 Å². The van der Waals surface area contributed by atoms with Crippen LogP contribution in [-0.2, 0) is 4.79 Å². The number of amides is 2. The number of anilines is 1. The number of nitrogens with zero attached hydrogens (tertiary/aromatic N) is 1. The van der Waals surface area contributed by atoms with Gasteiger partial charge in [-0.2, -0.15) is 0 Å². The van der Waals surface area contributed by atoms with Crippen LogP contribution < -0.4 is 10.1 Å². The van der Waals surface area contributed by atoms with Crippen LogP contribution in [0, 0.1) is 5.92 Å². The fourth-order valence-electron chi connectivity index (χ4n) is 3.17. The van der Waals surface area contributed by atoms with Crippen LogP contribution in [0.4, 0.5) is 5.69 Å². The van der Waals surface area contributed by atoms with E-state index in [0.717, 1.165) is 25.9 Å². The highest BCUT2D eigenvalue weighted by atomic mass is 16.5. The van der Waals surface area contributed by atoms with Crippen molar-refractivity contribution in [3.8, 4) is 5.75 Å². The Labute approximate surface area is 169 Å². The molecule has 1 heterocycles. The van der Waals surface area contributed by atoms with Gasteiger partial charge in [0.05, 0.1) is 0 Å². The Kier molecular flexibility index (Phi) is 6.49. The minimum absolute atomic E-state index is 0.0121. The van der Waals surface area contributed by atoms with Gasteiger partial charge < -0.3 is 20.1 Å². The van der Waals surface area contributed by atoms with E-state index in [4.69, 9.17) is 9.84 Å². The second-order valence-corrected chi connectivity index (χ2v) is 7.22. The zero-order valence-corrected chi connectivity index (χ0v) is 16.3. The molecular weight excluding hydrogens is 372 g/mol. The summed E-state index contributed by atoms with van der Waals surface area (Å²) in [5, 5.41) is 11.4. The van der Waals surface area contributed by atoms with Crippen LogP contribution in [0.3, 0.4) is 0 Å². The van der Waals surface area contributed by atoms with Crippen LogP contribution in [-0.4, -0.2) is 47.5 Å². The molecule has 1 fully saturated rings. The van der Waals surface area contributed by atoms with Crippen molar-refractivity contribution >= 4 is 23.5 Å². The van der Waals surface area contributed by atoms with E-state index >= 15 is 0 Å². The molecule has 2 aromatic rings. The molecule has 2 N–H and O–H groups in total. The Balaban J connectivity index is 1.60. The Hall–Kier alpha value is -3.35. The van der Waals surface area contributed by atoms with Crippen molar-refractivity contribution in [3.05, 3.63) is 59.7 Å². The van der Waals surface area contributed by atoms with Gasteiger partial charge in [-0.05, 0) is 61.2 Å². The average molecular weight is 396 g/mol. The number of likely N-dealkylation sites (tertiary alicyclic amines) is 1. The third-order valence-electron chi connectivity index (χ3n) is 4.92. The topological polar surface area (TPSA) is 95.9 Å². The van der Waals surface area contributed by atoms with E-state index in [1.165, 1.54) is 6.07 Å². The van der Waals surface area contributed by atoms with E-state index in [9.17, 15) is 14.4 Å². The summed E-state index contributed by atoms with van der Waals surface area (Å²) in [5.74, 6) is -0.469. The molecule has 0 bridgehead atoms. The fourth-order valence-corrected chi connectivity index (χ4v) is 3.17. The lowest BCUT2D eigenvalue weighted by Gasteiger charge is -2.30. The highest BCUT2D eigenvalue weighted by molar-refractivity contribution is 6.04. The monoisotopic (exact) mass is 396 g/mol. The van der Waals surface area contributed by atoms with E-state index in [1.54, 1.807) is 42.5 Å². The van der Waals surface area contributed by atoms with Crippen LogP contribution in [0.15, 0.2) is 48.5 Å². The third kappa shape index (κ3) is 5.57. The summed E-state index contributed by atoms with van der Waals surface area (Å²) in [7, 11) is 0. The number of ether oxygens (including phenoxy) is 1. The predicted octanol–water partition coefficient (Wildman–Crippen LogP) is 3.27. The van der Waals surface area contributed by atoms with Crippen molar-refractivity contribution in [1.82, 2.24) is 4.90 Å². The molecule has 3 rings (SSSR count). The van der Waals surface area contributed by atoms with E-state index in [0.29, 0.717) is 28.5 Å². The molecule has 0 saturated carbocycles. The molecule has 0 aliphatic carbocycles. The van der Waals surface area contributed by atoms with Crippen molar-refractivity contribution in [2.45, 2.75) is 19.8 Å². The normalized spacial score (nSPS) is 14.3. The number of hydrogen-bond acceptors (Lipinski definition) is 4. The molecule has 0 spiro atoms. The summed E-state index contributed by atoms with van der Waals surface area (Å²) in [5.41, 5.74) is 1.51. The van der Waals surface area contributed by atoms with E-state index in [-0.39, 0.29) is 11.8 Å². The van der Waals surface area contributed by atoms with Gasteiger partial charge in [-0.25, -0.2) is 4.79 Å². The van der Waals surface area contributed by atoms with Crippen molar-refractivity contribution in [2.24, 2.45) is 5.92 Å². The molecule has 29 heavy (non-hydrogen) atoms. The minimum Gasteiger partial charge on any atom is -0.482 e. The first-order chi connectivity index (χ1) is 13.9. The first-order valence-corrected chi connectivity index (χ1v) is 9.57. The van der Waals surface area contributed by atoms with Gasteiger partial charge in [0.2, 0.25) is 0 Å². The highest BCUT2D eigenvalue weighted by Gasteiger charge is 2.21. The molecule has 2 amide bonds. The van der Waals surface area contributed by atoms with Gasteiger partial charge in [-0.15, -0.1) is 0 Å². The first kappa shape index (κ1) is 20.4. The molecule has 0 aromatic heterocycles. The number of carbonyl (C=O) groups excluding carboxylic acids is 2. The standard InChI is InChI=1S/C22H24N2O5/c1-15-9-11-24(12-10-15)22(28)16-5-7-18(8-6-16)23-21(27)17-3-2-4-19(13-17)29-14-20(25)26/h2-8,13,15H,9-12,14H2,1H3,(H,23,27)(H,25,26). The number of nitrogens with one attached hydrogen (secondary N) is 1. The average Bonchev–Trinajstić information content (AvgIpc) is 2.73. The van der Waals surface area contributed by atoms with E-state index in [2.05, 4.69) is 12.2 Å². The molecule has 2 aromatic carbocycles. The quantitative estimate of drug-likeness (QED) is 0.781. The number of hydrogen-bond donors (Lipinski definition) is 2. The summed E-state index contributed by atoms with van der Waals surface area (Å²) in [6.07, 6.45) is 2.05. The Morgan fingerprint density at radius 2 is 1.76 bits per heavy atom. The predicted molar refractivity (Wildman–Crippen MR) is 108 cm³/mol. The molecule has 152 valence electrons. The lowest BCUT2D eigenvalue weighted by molar-refractivity contribution is -0.139. The van der Waals surface area contributed by atoms with Gasteiger partial charge >= 0.3 is 5.97 Å². The summed E-state index contributed by atoms with van der Waals surface area (Å²) in [4.78, 5) is 37.5. The maximum absolute atomic E-state index is 12.6. The molecular formula is C22H24N2O5. The Morgan fingerprint density at radius 1 is 1.07 bits per heavy atom. The highest BCUT2D eigenvalue weighted by Crippen LogP contribution is 2.20. The summed E-state index contributed by atoms with van der Waals surface area (Å²) < 4.78 is 5.09. The number of piperidine rings is 1. The van der Waals surface area contributed by atoms with Crippen LogP contribution in [0.2, 0.25) is 0 Å². The van der Waals surface area contributed by atoms with Crippen molar-refractivity contribution in [1.29, 1.82) is 0 Å². The van der Waals surface area contributed by atoms with E-state index in [1.807, 2.05) is 4.90 Å². The SMILES string of the molecule is CC1CCN(C(=O)c2ccc(NC(=O)c3cccc(OCC(=O)O)c3)cc2)CC1. The summed E-state index contributed by atoms with van der Waals surface area (Å²) in [6.45, 7) is 3.28. The fraction of sp³-hybridized carbons (Fsp3) is 0.318. The van der Waals surface area contributed by atoms with Gasteiger partial charge in [0, 0.05) is 29.9 Å². The largest absolute Gasteiger partial charge is 0.482 e. The van der Waals surface area contributed by atoms with Gasteiger partial charge in [-0.3, -0.25) is 9.59 Å². The molecule has 0 atom stereocenters. The van der Waals surface area contributed by atoms with E-state index < -0.39 is 12.6 Å². The molecule has 0 radical (unpaired) electrons. The molecule has 7 heteroatoms. The Bertz CT molecular complexity index is 886. The molecule has 0 unspecified atom stereocenters. The number of aliphatic carboxylic acids is 1. The molecule has 1 aliphatic rings. The summed E-state index contributed by atoms with van der Waals surface area (Å²) >= 11 is 0. The maximum Gasteiger partial charge on any atom is 0.341 e. The molecule has 1 aliphatic heterocycles. The second-order valence-electron chi connectivity index (χ2n) is 7.22. The van der Waals surface area contributed by atoms with Crippen molar-refractivity contribution < 1.29 is 24.2 Å². The second kappa shape index (κ2) is 9.23. The Morgan fingerprint density at radius 3 is 2.41 bits per heavy atom. The van der Waals surface area contributed by atoms with Crippen LogP contribution >= 0.6 is 0 Å². The third-order valence-corrected chi connectivity index (χ3v) is 4.92. The lowest BCUT2D eigenvalue weighted by Crippen LogP contribution is -2.37. The minimum atomic E-state index is -1.09. The zero-order chi connectivity index (χ0) is 20.8. The zero-order valence-electron chi connectivity index (χ0n) is 16.3. The van der Waals surface area contributed by atoms with Crippen molar-refractivity contribution in [2.75, 3.05) is 25.0 Å². The van der Waals surface area contributed by atoms with Gasteiger partial charge in [0.1, 0.15) is 5.75 Å². The number of carboxylic acid groups (broad SMARTS) is 1. The smallest absolute Gasteiger partial charge is 0.341 e. The van der Waals surface area contributed by atoms with Crippen LogP contribution in [0.5, 0.6) is 5.75 Å². The van der Waals surface area contributed by atoms with Crippen LogP contribution in [0.25, 0.3) is 0 Å². The number of rotatable bonds is 6. The molecule has 7 nitrogen and oxygen atoms in total. The van der Waals surface area contributed by atoms with Gasteiger partial charge in [0.15, 0.2) is 6.61 Å². The van der Waals surface area contributed by atoms with Gasteiger partial charge in [-0.1, -0.05) is 13.0 Å². The van der Waals surface area contributed by atoms with Crippen molar-refractivity contribution in [3.63, 3.8) is 0 Å². The maximum atomic E-state index is 12.6. The van der Waals surface area contributed by atoms with Gasteiger partial charge in [0.25, 0.3) is 11.8 Å². The first-order valence-electron chi connectivity index (χ1n) is 9.57. The molecule has 1 saturated heterocycles. The number of carboxylic acids is 1. The number of benzene rings is 2. The lowest BCUT2D eigenvalue weighted by atomic mass is 9.98. The summed E-state index contributed by atoms with van der Waals surface area (Å²) in [6, 6.07) is 13.1.